The van der Waals surface area contributed by atoms with Crippen LogP contribution < -0.4 is 4.90 Å². The minimum Gasteiger partial charge on any atom is -0.306 e. The fourth-order valence-corrected chi connectivity index (χ4v) is 6.12. The number of fused-ring (bicyclic) bond motifs is 1. The van der Waals surface area contributed by atoms with Crippen LogP contribution in [0, 0.1) is 0 Å². The maximum atomic E-state index is 13.0. The number of anilines is 1. The maximum Gasteiger partial charge on any atom is 0.241 e. The molecule has 0 saturated carbocycles. The molecule has 7 heteroatoms. The van der Waals surface area contributed by atoms with Gasteiger partial charge in [-0.25, -0.2) is 8.42 Å². The van der Waals surface area contributed by atoms with E-state index >= 15 is 0 Å². The Morgan fingerprint density at radius 3 is 2.29 bits per heavy atom. The molecule has 0 radical (unpaired) electrons. The molecule has 2 aliphatic rings. The molecule has 6 nitrogen and oxygen atoms in total. The monoisotopic (exact) mass is 398 g/mol. The van der Waals surface area contributed by atoms with Gasteiger partial charge >= 0.3 is 0 Å². The third-order valence-corrected chi connectivity index (χ3v) is 7.18. The Morgan fingerprint density at radius 1 is 1.00 bits per heavy atom. The summed E-state index contributed by atoms with van der Waals surface area (Å²) in [5.74, 6) is -0.153. The molecule has 1 amide bonds. The number of ketones is 1. The highest BCUT2D eigenvalue weighted by Gasteiger charge is 2.49. The second-order valence-electron chi connectivity index (χ2n) is 7.47. The Bertz CT molecular complexity index is 1000. The van der Waals surface area contributed by atoms with Crippen molar-refractivity contribution in [2.45, 2.75) is 25.6 Å². The number of Topliss-reactive ketones (excluding diaryl/α,β-unsaturated/α-hetero) is 1. The van der Waals surface area contributed by atoms with Crippen molar-refractivity contribution >= 4 is 27.2 Å². The normalized spacial score (nSPS) is 24.2. The number of hydrogen-bond acceptors (Lipinski definition) is 5. The smallest absolute Gasteiger partial charge is 0.241 e. The molecule has 0 N–H and O–H groups in total. The summed E-state index contributed by atoms with van der Waals surface area (Å²) in [5, 5.41) is 0. The Hall–Kier alpha value is -2.51. The van der Waals surface area contributed by atoms with Crippen molar-refractivity contribution in [3.63, 3.8) is 0 Å². The summed E-state index contributed by atoms with van der Waals surface area (Å²) in [6.45, 7) is 2.20. The molecule has 2 unspecified atom stereocenters. The highest BCUT2D eigenvalue weighted by molar-refractivity contribution is 7.91. The van der Waals surface area contributed by atoms with Crippen LogP contribution in [0.3, 0.4) is 0 Å². The number of benzene rings is 2. The molecule has 0 aromatic heterocycles. The Labute approximate surface area is 164 Å². The van der Waals surface area contributed by atoms with Gasteiger partial charge < -0.3 is 4.90 Å². The van der Waals surface area contributed by atoms with Crippen molar-refractivity contribution in [1.82, 2.24) is 4.90 Å². The average molecular weight is 398 g/mol. The summed E-state index contributed by atoms with van der Waals surface area (Å²) >= 11 is 0. The lowest BCUT2D eigenvalue weighted by molar-refractivity contribution is -0.123. The van der Waals surface area contributed by atoms with Crippen LogP contribution in [0.2, 0.25) is 0 Å². The van der Waals surface area contributed by atoms with Crippen molar-refractivity contribution in [3.05, 3.63) is 65.7 Å². The Kier molecular flexibility index (Phi) is 4.81. The molecule has 0 spiro atoms. The molecule has 2 saturated heterocycles. The van der Waals surface area contributed by atoms with Gasteiger partial charge in [-0.15, -0.1) is 0 Å². The number of carbonyl (C=O) groups excluding carboxylic acids is 2. The molecule has 0 bridgehead atoms. The van der Waals surface area contributed by atoms with Gasteiger partial charge in [0.15, 0.2) is 15.6 Å². The lowest BCUT2D eigenvalue weighted by atomic mass is 10.0. The van der Waals surface area contributed by atoms with E-state index in [9.17, 15) is 18.0 Å². The van der Waals surface area contributed by atoms with E-state index < -0.39 is 15.9 Å². The summed E-state index contributed by atoms with van der Waals surface area (Å²) in [6.07, 6.45) is 0. The first-order chi connectivity index (χ1) is 13.3. The first-order valence-corrected chi connectivity index (χ1v) is 11.1. The van der Waals surface area contributed by atoms with Crippen LogP contribution in [0.1, 0.15) is 22.8 Å². The van der Waals surface area contributed by atoms with Gasteiger partial charge in [-0.2, -0.15) is 0 Å². The van der Waals surface area contributed by atoms with E-state index in [4.69, 9.17) is 0 Å². The van der Waals surface area contributed by atoms with Crippen molar-refractivity contribution in [2.24, 2.45) is 0 Å². The lowest BCUT2D eigenvalue weighted by Crippen LogP contribution is -2.61. The van der Waals surface area contributed by atoms with Gasteiger partial charge in [0.05, 0.1) is 24.1 Å². The zero-order chi connectivity index (χ0) is 19.9. The van der Waals surface area contributed by atoms with Crippen LogP contribution in [-0.2, 0) is 21.2 Å². The summed E-state index contributed by atoms with van der Waals surface area (Å²) in [6, 6.07) is 15.9. The standard InChI is InChI=1S/C21H22N2O4S/c1-15(24)17-7-9-18(10-8-17)23-20-14-28(26,27)13-19(20)22(12-21(23)25)11-16-5-3-2-4-6-16/h2-10,19-20H,11-14H2,1H3. The second-order valence-corrected chi connectivity index (χ2v) is 9.62. The van der Waals surface area contributed by atoms with E-state index in [1.54, 1.807) is 29.2 Å². The van der Waals surface area contributed by atoms with Gasteiger partial charge in [0.25, 0.3) is 0 Å². The predicted molar refractivity (Wildman–Crippen MR) is 107 cm³/mol. The maximum absolute atomic E-state index is 13.0. The minimum absolute atomic E-state index is 0.0385. The molecule has 4 rings (SSSR count). The van der Waals surface area contributed by atoms with Gasteiger partial charge in [0, 0.05) is 23.8 Å². The topological polar surface area (TPSA) is 74.8 Å². The fraction of sp³-hybridized carbons (Fsp3) is 0.333. The van der Waals surface area contributed by atoms with E-state index in [1.165, 1.54) is 6.92 Å². The molecule has 146 valence electrons. The van der Waals surface area contributed by atoms with Crippen molar-refractivity contribution in [2.75, 3.05) is 23.0 Å². The molecule has 2 fully saturated rings. The van der Waals surface area contributed by atoms with E-state index in [0.717, 1.165) is 5.56 Å². The summed E-state index contributed by atoms with van der Waals surface area (Å²) in [7, 11) is -3.23. The molecule has 2 heterocycles. The van der Waals surface area contributed by atoms with Gasteiger partial charge in [-0.1, -0.05) is 30.3 Å². The largest absolute Gasteiger partial charge is 0.306 e. The molecule has 2 atom stereocenters. The van der Waals surface area contributed by atoms with Crippen molar-refractivity contribution in [1.29, 1.82) is 0 Å². The van der Waals surface area contributed by atoms with Crippen LogP contribution in [0.25, 0.3) is 0 Å². The summed E-state index contributed by atoms with van der Waals surface area (Å²) in [4.78, 5) is 28.1. The van der Waals surface area contributed by atoms with Gasteiger partial charge in [0.2, 0.25) is 5.91 Å². The van der Waals surface area contributed by atoms with Gasteiger partial charge in [-0.3, -0.25) is 14.5 Å². The van der Waals surface area contributed by atoms with Gasteiger partial charge in [0.1, 0.15) is 0 Å². The summed E-state index contributed by atoms with van der Waals surface area (Å²) in [5.41, 5.74) is 2.26. The van der Waals surface area contributed by atoms with E-state index in [0.29, 0.717) is 17.8 Å². The zero-order valence-corrected chi connectivity index (χ0v) is 16.4. The lowest BCUT2D eigenvalue weighted by Gasteiger charge is -2.43. The summed E-state index contributed by atoms with van der Waals surface area (Å²) < 4.78 is 24.8. The first kappa shape index (κ1) is 18.8. The molecule has 2 aliphatic heterocycles. The molecule has 2 aromatic rings. The number of sulfone groups is 1. The third kappa shape index (κ3) is 3.59. The number of rotatable bonds is 4. The molecular formula is C21H22N2O4S. The zero-order valence-electron chi connectivity index (χ0n) is 15.6. The third-order valence-electron chi connectivity index (χ3n) is 5.48. The minimum atomic E-state index is -3.23. The van der Waals surface area contributed by atoms with Crippen LogP contribution in [0.5, 0.6) is 0 Å². The first-order valence-electron chi connectivity index (χ1n) is 9.25. The quantitative estimate of drug-likeness (QED) is 0.736. The van der Waals surface area contributed by atoms with Gasteiger partial charge in [-0.05, 0) is 36.8 Å². The Balaban J connectivity index is 1.65. The van der Waals surface area contributed by atoms with Crippen LogP contribution in [0.15, 0.2) is 54.6 Å². The highest BCUT2D eigenvalue weighted by atomic mass is 32.2. The number of hydrogen-bond donors (Lipinski definition) is 0. The van der Waals surface area contributed by atoms with Crippen molar-refractivity contribution < 1.29 is 18.0 Å². The van der Waals surface area contributed by atoms with Crippen LogP contribution in [-0.4, -0.2) is 55.1 Å². The molecule has 0 aliphatic carbocycles. The number of piperazine rings is 1. The average Bonchev–Trinajstić information content (AvgIpc) is 2.98. The molecule has 28 heavy (non-hydrogen) atoms. The van der Waals surface area contributed by atoms with E-state index in [1.807, 2.05) is 35.2 Å². The second kappa shape index (κ2) is 7.14. The molecule has 2 aromatic carbocycles. The van der Waals surface area contributed by atoms with E-state index in [2.05, 4.69) is 0 Å². The highest BCUT2D eigenvalue weighted by Crippen LogP contribution is 2.32. The van der Waals surface area contributed by atoms with Crippen LogP contribution in [0.4, 0.5) is 5.69 Å². The van der Waals surface area contributed by atoms with Crippen molar-refractivity contribution in [3.8, 4) is 0 Å². The predicted octanol–water partition coefficient (Wildman–Crippen LogP) is 1.90. The number of nitrogens with zero attached hydrogens (tertiary/aromatic N) is 2. The SMILES string of the molecule is CC(=O)c1ccc(N2C(=O)CN(Cc3ccccc3)C3CS(=O)(=O)CC32)cc1. The molecular weight excluding hydrogens is 376 g/mol. The Morgan fingerprint density at radius 2 is 1.64 bits per heavy atom. The number of carbonyl (C=O) groups is 2. The fourth-order valence-electron chi connectivity index (χ4n) is 4.14. The van der Waals surface area contributed by atoms with Crippen LogP contribution >= 0.6 is 0 Å². The van der Waals surface area contributed by atoms with E-state index in [-0.39, 0.29) is 35.8 Å². The number of amides is 1.